The Bertz CT molecular complexity index is 769. The van der Waals surface area contributed by atoms with E-state index < -0.39 is 0 Å². The predicted molar refractivity (Wildman–Crippen MR) is 138 cm³/mol. The van der Waals surface area contributed by atoms with Crippen molar-refractivity contribution in [1.82, 2.24) is 5.32 Å². The van der Waals surface area contributed by atoms with Crippen LogP contribution < -0.4 is 5.32 Å². The van der Waals surface area contributed by atoms with Crippen molar-refractivity contribution in [3.05, 3.63) is 0 Å². The summed E-state index contributed by atoms with van der Waals surface area (Å²) in [5.41, 5.74) is 0.545. The zero-order valence-corrected chi connectivity index (χ0v) is 22.7. The second-order valence-corrected chi connectivity index (χ2v) is 13.8. The molecule has 5 saturated carbocycles. The van der Waals surface area contributed by atoms with Crippen LogP contribution in [0.15, 0.2) is 0 Å². The third-order valence-corrected chi connectivity index (χ3v) is 12.3. The Kier molecular flexibility index (Phi) is 7.24. The molecule has 0 aromatic carbocycles. The average Bonchev–Trinajstić information content (AvgIpc) is 3.15. The van der Waals surface area contributed by atoms with Crippen LogP contribution in [-0.2, 0) is 4.74 Å². The first-order chi connectivity index (χ1) is 16.7. The molecule has 0 saturated heterocycles. The number of hydrogen-bond acceptors (Lipinski definition) is 4. The fraction of sp³-hybridized carbons (Fsp3) is 0.967. The predicted octanol–water partition coefficient (Wildman–Crippen LogP) is 5.92. The summed E-state index contributed by atoms with van der Waals surface area (Å²) in [5.74, 6) is 3.58. The van der Waals surface area contributed by atoms with Crippen LogP contribution in [0, 0.1) is 52.3 Å². The Morgan fingerprint density at radius 1 is 1.00 bits per heavy atom. The number of alkyl carbamates (subject to hydrolysis) is 1. The van der Waals surface area contributed by atoms with E-state index >= 15 is 0 Å². The number of nitrogens with one attached hydrogen (secondary N) is 1. The molecular formula is C30H51NO4. The molecule has 0 aromatic heterocycles. The number of rotatable bonds is 6. The summed E-state index contributed by atoms with van der Waals surface area (Å²) in [6.45, 7) is 10.4. The molecule has 35 heavy (non-hydrogen) atoms. The van der Waals surface area contributed by atoms with Gasteiger partial charge in [0.1, 0.15) is 6.10 Å². The first kappa shape index (κ1) is 25.8. The van der Waals surface area contributed by atoms with Crippen molar-refractivity contribution in [3.63, 3.8) is 0 Å². The van der Waals surface area contributed by atoms with Crippen molar-refractivity contribution < 1.29 is 19.7 Å². The monoisotopic (exact) mass is 489 g/mol. The average molecular weight is 490 g/mol. The van der Waals surface area contributed by atoms with Crippen molar-refractivity contribution in [2.24, 2.45) is 52.3 Å². The van der Waals surface area contributed by atoms with Gasteiger partial charge in [-0.25, -0.2) is 4.79 Å². The number of carbonyl (C=O) groups excluding carboxylic acids is 1. The molecule has 0 spiro atoms. The van der Waals surface area contributed by atoms with Crippen LogP contribution in [0.5, 0.6) is 0 Å². The summed E-state index contributed by atoms with van der Waals surface area (Å²) in [7, 11) is 0. The molecule has 5 aliphatic rings. The molecule has 11 atom stereocenters. The third-order valence-electron chi connectivity index (χ3n) is 12.3. The highest BCUT2D eigenvalue weighted by Crippen LogP contribution is 2.69. The van der Waals surface area contributed by atoms with E-state index in [4.69, 9.17) is 4.74 Å². The maximum atomic E-state index is 12.1. The van der Waals surface area contributed by atoms with Gasteiger partial charge in [0.15, 0.2) is 0 Å². The molecule has 200 valence electrons. The van der Waals surface area contributed by atoms with Crippen LogP contribution in [-0.4, -0.2) is 41.2 Å². The molecule has 1 amide bonds. The molecule has 0 bridgehead atoms. The van der Waals surface area contributed by atoms with Crippen molar-refractivity contribution in [3.8, 4) is 0 Å². The minimum atomic E-state index is -0.241. The lowest BCUT2D eigenvalue weighted by molar-refractivity contribution is -0.203. The first-order valence-corrected chi connectivity index (χ1v) is 15.0. The van der Waals surface area contributed by atoms with Crippen LogP contribution in [0.1, 0.15) is 105 Å². The lowest BCUT2D eigenvalue weighted by Gasteiger charge is -2.64. The smallest absolute Gasteiger partial charge is 0.407 e. The van der Waals surface area contributed by atoms with E-state index in [-0.39, 0.29) is 35.2 Å². The van der Waals surface area contributed by atoms with Gasteiger partial charge in [-0.2, -0.15) is 0 Å². The van der Waals surface area contributed by atoms with E-state index in [0.29, 0.717) is 48.0 Å². The zero-order valence-electron chi connectivity index (χ0n) is 22.7. The fourth-order valence-electron chi connectivity index (χ4n) is 10.2. The topological polar surface area (TPSA) is 78.8 Å². The van der Waals surface area contributed by atoms with Gasteiger partial charge in [-0.15, -0.1) is 0 Å². The molecule has 5 rings (SSSR count). The van der Waals surface area contributed by atoms with Gasteiger partial charge in [0, 0.05) is 6.54 Å². The molecule has 5 heteroatoms. The highest BCUT2D eigenvalue weighted by atomic mass is 16.6. The van der Waals surface area contributed by atoms with Crippen LogP contribution >= 0.6 is 0 Å². The number of carbonyl (C=O) groups is 1. The number of fused-ring (bicyclic) bond motifs is 5. The normalized spacial score (nSPS) is 48.2. The quantitative estimate of drug-likeness (QED) is 0.433. The minimum absolute atomic E-state index is 0.139. The zero-order chi connectivity index (χ0) is 25.0. The molecule has 0 aromatic rings. The number of aliphatic hydroxyl groups is 2. The largest absolute Gasteiger partial charge is 0.446 e. The Labute approximate surface area is 213 Å². The number of amides is 1. The summed E-state index contributed by atoms with van der Waals surface area (Å²) >= 11 is 0. The summed E-state index contributed by atoms with van der Waals surface area (Å²) < 4.78 is 5.46. The van der Waals surface area contributed by atoms with Gasteiger partial charge in [-0.1, -0.05) is 34.1 Å². The molecule has 0 radical (unpaired) electrons. The van der Waals surface area contributed by atoms with E-state index in [9.17, 15) is 15.0 Å². The Hall–Kier alpha value is -0.810. The van der Waals surface area contributed by atoms with E-state index in [1.807, 2.05) is 0 Å². The fourth-order valence-corrected chi connectivity index (χ4v) is 10.2. The second-order valence-electron chi connectivity index (χ2n) is 13.8. The van der Waals surface area contributed by atoms with Crippen LogP contribution in [0.2, 0.25) is 0 Å². The summed E-state index contributed by atoms with van der Waals surface area (Å²) in [6.07, 6.45) is 12.6. The summed E-state index contributed by atoms with van der Waals surface area (Å²) in [6, 6.07) is 0. The number of aliphatic hydroxyl groups excluding tert-OH is 2. The third kappa shape index (κ3) is 4.35. The molecule has 5 nitrogen and oxygen atoms in total. The van der Waals surface area contributed by atoms with Crippen molar-refractivity contribution >= 4 is 6.09 Å². The summed E-state index contributed by atoms with van der Waals surface area (Å²) in [4.78, 5) is 12.1. The molecular weight excluding hydrogens is 438 g/mol. The first-order valence-electron chi connectivity index (χ1n) is 15.0. The SMILES string of the molecule is CC[C@H]1[C@@H](O)C2C3CC[C@H](C(C)CCNC(=O)OC4CCC4)[C@@]3(C)CCC2[C@@]2(C)CC[C@@H](O)C[C@@H]12. The Morgan fingerprint density at radius 3 is 2.40 bits per heavy atom. The maximum absolute atomic E-state index is 12.1. The van der Waals surface area contributed by atoms with Crippen molar-refractivity contribution in [1.29, 1.82) is 0 Å². The van der Waals surface area contributed by atoms with Gasteiger partial charge >= 0.3 is 6.09 Å². The Balaban J connectivity index is 1.26. The van der Waals surface area contributed by atoms with Crippen molar-refractivity contribution in [2.45, 2.75) is 123 Å². The van der Waals surface area contributed by atoms with E-state index in [2.05, 4.69) is 33.0 Å². The Morgan fingerprint density at radius 2 is 1.71 bits per heavy atom. The lowest BCUT2D eigenvalue weighted by atomic mass is 9.41. The highest BCUT2D eigenvalue weighted by molar-refractivity contribution is 5.67. The van der Waals surface area contributed by atoms with Crippen LogP contribution in [0.25, 0.3) is 0 Å². The molecule has 4 unspecified atom stereocenters. The van der Waals surface area contributed by atoms with Crippen molar-refractivity contribution in [2.75, 3.05) is 6.54 Å². The van der Waals surface area contributed by atoms with Crippen LogP contribution in [0.4, 0.5) is 4.79 Å². The number of ether oxygens (including phenoxy) is 1. The molecule has 0 heterocycles. The van der Waals surface area contributed by atoms with Gasteiger partial charge < -0.3 is 20.3 Å². The summed E-state index contributed by atoms with van der Waals surface area (Å²) in [5, 5.41) is 25.3. The van der Waals surface area contributed by atoms with Gasteiger partial charge in [-0.3, -0.25) is 0 Å². The standard InChI is InChI=1S/C30H51NO4/c1-5-21-25-17-19(32)11-14-30(25,4)24-12-15-29(3)22(9-10-23(29)26(24)27(21)33)18(2)13-16-31-28(34)35-20-7-6-8-20/h18-27,32-33H,5-17H2,1-4H3,(H,31,34)/t18?,19-,21-,22-,23?,24?,25+,26?,27-,29-,30-/m1/s1. The van der Waals surface area contributed by atoms with Gasteiger partial charge in [0.05, 0.1) is 12.2 Å². The van der Waals surface area contributed by atoms with Crippen LogP contribution in [0.3, 0.4) is 0 Å². The highest BCUT2D eigenvalue weighted by Gasteiger charge is 2.64. The van der Waals surface area contributed by atoms with Gasteiger partial charge in [-0.05, 0) is 123 Å². The minimum Gasteiger partial charge on any atom is -0.446 e. The second kappa shape index (κ2) is 9.82. The van der Waals surface area contributed by atoms with E-state index in [0.717, 1.165) is 44.9 Å². The molecule has 5 aliphatic carbocycles. The van der Waals surface area contributed by atoms with E-state index in [1.54, 1.807) is 0 Å². The molecule has 5 fully saturated rings. The number of hydrogen-bond donors (Lipinski definition) is 3. The molecule has 3 N–H and O–H groups in total. The van der Waals surface area contributed by atoms with E-state index in [1.165, 1.54) is 32.1 Å². The molecule has 0 aliphatic heterocycles. The van der Waals surface area contributed by atoms with Gasteiger partial charge in [0.2, 0.25) is 0 Å². The lowest BCUT2D eigenvalue weighted by Crippen LogP contribution is -2.62. The van der Waals surface area contributed by atoms with Gasteiger partial charge in [0.25, 0.3) is 0 Å². The maximum Gasteiger partial charge on any atom is 0.407 e.